The van der Waals surface area contributed by atoms with E-state index in [9.17, 15) is 4.79 Å². The summed E-state index contributed by atoms with van der Waals surface area (Å²) in [6.45, 7) is 8.47. The molecule has 0 aliphatic carbocycles. The molecule has 0 fully saturated rings. The summed E-state index contributed by atoms with van der Waals surface area (Å²) in [5, 5.41) is 9.10. The molecule has 1 N–H and O–H groups in total. The highest BCUT2D eigenvalue weighted by Crippen LogP contribution is 2.48. The molecule has 5 nitrogen and oxygen atoms in total. The second-order valence-electron chi connectivity index (χ2n) is 6.97. The van der Waals surface area contributed by atoms with Crippen LogP contribution in [0.3, 0.4) is 0 Å². The van der Waals surface area contributed by atoms with Gasteiger partial charge >= 0.3 is 5.97 Å². The summed E-state index contributed by atoms with van der Waals surface area (Å²) in [6, 6.07) is 6.11. The molecule has 2 heterocycles. The first-order valence-electron chi connectivity index (χ1n) is 9.19. The third kappa shape index (κ3) is 4.11. The highest BCUT2D eigenvalue weighted by atomic mass is 35.5. The Morgan fingerprint density at radius 1 is 1.41 bits per heavy atom. The Bertz CT molecular complexity index is 852. The van der Waals surface area contributed by atoms with Crippen LogP contribution in [0.2, 0.25) is 5.02 Å². The summed E-state index contributed by atoms with van der Waals surface area (Å²) in [5.74, 6) is 0.856. The quantitative estimate of drug-likeness (QED) is 0.747. The average Bonchev–Trinajstić information content (AvgIpc) is 2.77. The van der Waals surface area contributed by atoms with E-state index in [0.29, 0.717) is 13.0 Å². The van der Waals surface area contributed by atoms with Gasteiger partial charge < -0.3 is 10.1 Å². The maximum absolute atomic E-state index is 12.2. The van der Waals surface area contributed by atoms with Gasteiger partial charge in [0.25, 0.3) is 0 Å². The Morgan fingerprint density at radius 2 is 2.15 bits per heavy atom. The number of fused-ring (bicyclic) bond motifs is 1. The molecule has 3 rings (SSSR count). The zero-order chi connectivity index (χ0) is 19.7. The number of benzene rings is 1. The molecule has 146 valence electrons. The van der Waals surface area contributed by atoms with Crippen LogP contribution in [0.1, 0.15) is 47.9 Å². The van der Waals surface area contributed by atoms with E-state index >= 15 is 0 Å². The van der Waals surface area contributed by atoms with Gasteiger partial charge in [0.15, 0.2) is 0 Å². The van der Waals surface area contributed by atoms with Crippen molar-refractivity contribution in [3.63, 3.8) is 0 Å². The number of hydrogen-bond donors (Lipinski definition) is 1. The van der Waals surface area contributed by atoms with Gasteiger partial charge in [0.05, 0.1) is 24.0 Å². The van der Waals surface area contributed by atoms with E-state index < -0.39 is 0 Å². The summed E-state index contributed by atoms with van der Waals surface area (Å²) in [4.78, 5) is 12.2. The first kappa shape index (κ1) is 20.1. The number of nitrogens with zero attached hydrogens (tertiary/aromatic N) is 2. The van der Waals surface area contributed by atoms with Gasteiger partial charge in [-0.3, -0.25) is 9.48 Å². The minimum absolute atomic E-state index is 0.0721. The number of thioether (sulfide) groups is 1. The van der Waals surface area contributed by atoms with Crippen molar-refractivity contribution < 1.29 is 9.53 Å². The molecule has 0 saturated heterocycles. The highest BCUT2D eigenvalue weighted by Gasteiger charge is 2.35. The van der Waals surface area contributed by atoms with Crippen LogP contribution in [-0.4, -0.2) is 33.6 Å². The monoisotopic (exact) mass is 407 g/mol. The molecule has 0 saturated carbocycles. The molecule has 3 atom stereocenters. The van der Waals surface area contributed by atoms with Gasteiger partial charge in [-0.1, -0.05) is 17.7 Å². The van der Waals surface area contributed by atoms with Crippen LogP contribution >= 0.6 is 23.4 Å². The van der Waals surface area contributed by atoms with Gasteiger partial charge in [-0.15, -0.1) is 11.8 Å². The molecule has 27 heavy (non-hydrogen) atoms. The number of rotatable bonds is 4. The molecular weight excluding hydrogens is 382 g/mol. The van der Waals surface area contributed by atoms with Crippen molar-refractivity contribution in [1.29, 1.82) is 0 Å². The first-order valence-corrected chi connectivity index (χ1v) is 10.5. The van der Waals surface area contributed by atoms with Crippen molar-refractivity contribution >= 4 is 35.1 Å². The third-order valence-corrected chi connectivity index (χ3v) is 6.87. The molecule has 0 radical (unpaired) electrons. The van der Waals surface area contributed by atoms with Gasteiger partial charge in [0, 0.05) is 28.9 Å². The van der Waals surface area contributed by atoms with Gasteiger partial charge in [-0.25, -0.2) is 0 Å². The Morgan fingerprint density at radius 3 is 2.81 bits per heavy atom. The number of carbonyl (C=O) groups is 1. The summed E-state index contributed by atoms with van der Waals surface area (Å²) in [6.07, 6.45) is 0.371. The molecular formula is C20H26ClN3O2S. The molecule has 0 unspecified atom stereocenters. The molecule has 7 heteroatoms. The lowest BCUT2D eigenvalue weighted by Gasteiger charge is -2.25. The van der Waals surface area contributed by atoms with Gasteiger partial charge in [-0.05, 0) is 51.0 Å². The summed E-state index contributed by atoms with van der Waals surface area (Å²) in [5.41, 5.74) is 4.51. The number of aryl methyl sites for hydroxylation is 3. The lowest BCUT2D eigenvalue weighted by Crippen LogP contribution is -2.31. The lowest BCUT2D eigenvalue weighted by atomic mass is 9.99. The van der Waals surface area contributed by atoms with E-state index in [4.69, 9.17) is 16.3 Å². The standard InChI is InChI=1S/C20H26ClN3O2S/c1-6-26-17(25)10-16-12(3)22-20-18(13(4)23-24(20)5)19(27-16)15-8-7-14(21)9-11(15)2/h7-9,12,16,19,22H,6,10H2,1-5H3/t12-,16+,19+/m1/s1. The van der Waals surface area contributed by atoms with Crippen molar-refractivity contribution in [3.8, 4) is 0 Å². The first-order chi connectivity index (χ1) is 12.8. The van der Waals surface area contributed by atoms with E-state index in [-0.39, 0.29) is 22.5 Å². The van der Waals surface area contributed by atoms with E-state index in [1.165, 1.54) is 11.1 Å². The van der Waals surface area contributed by atoms with Crippen molar-refractivity contribution in [2.75, 3.05) is 11.9 Å². The minimum atomic E-state index is -0.156. The normalized spacial score (nSPS) is 21.9. The van der Waals surface area contributed by atoms with Crippen molar-refractivity contribution in [2.45, 2.75) is 50.7 Å². The van der Waals surface area contributed by atoms with Crippen molar-refractivity contribution in [2.24, 2.45) is 7.05 Å². The Kier molecular flexibility index (Phi) is 6.06. The van der Waals surface area contributed by atoms with Gasteiger partial charge in [0.1, 0.15) is 5.82 Å². The Labute approximate surface area is 169 Å². The Balaban J connectivity index is 2.05. The second-order valence-corrected chi connectivity index (χ2v) is 8.75. The fourth-order valence-electron chi connectivity index (χ4n) is 3.60. The summed E-state index contributed by atoms with van der Waals surface area (Å²) >= 11 is 7.98. The number of carbonyl (C=O) groups excluding carboxylic acids is 1. The zero-order valence-corrected chi connectivity index (χ0v) is 17.9. The molecule has 2 aromatic rings. The van der Waals surface area contributed by atoms with E-state index in [1.807, 2.05) is 37.7 Å². The molecule has 1 aliphatic heterocycles. The molecule has 0 bridgehead atoms. The molecule has 1 aromatic carbocycles. The predicted molar refractivity (Wildman–Crippen MR) is 112 cm³/mol. The molecule has 0 amide bonds. The number of esters is 1. The van der Waals surface area contributed by atoms with Crippen molar-refractivity contribution in [1.82, 2.24) is 9.78 Å². The lowest BCUT2D eigenvalue weighted by molar-refractivity contribution is -0.143. The molecule has 0 spiro atoms. The number of anilines is 1. The van der Waals surface area contributed by atoms with Crippen LogP contribution in [0.5, 0.6) is 0 Å². The smallest absolute Gasteiger partial charge is 0.306 e. The minimum Gasteiger partial charge on any atom is -0.466 e. The third-order valence-electron chi connectivity index (χ3n) is 4.95. The number of halogens is 1. The van der Waals surface area contributed by atoms with Crippen LogP contribution in [0.25, 0.3) is 0 Å². The fraction of sp³-hybridized carbons (Fsp3) is 0.500. The highest BCUT2D eigenvalue weighted by molar-refractivity contribution is 8.00. The maximum Gasteiger partial charge on any atom is 0.306 e. The zero-order valence-electron chi connectivity index (χ0n) is 16.4. The summed E-state index contributed by atoms with van der Waals surface area (Å²) in [7, 11) is 1.95. The number of nitrogens with one attached hydrogen (secondary N) is 1. The van der Waals surface area contributed by atoms with Gasteiger partial charge in [0.2, 0.25) is 0 Å². The molecule has 1 aliphatic rings. The van der Waals surface area contributed by atoms with E-state index in [2.05, 4.69) is 30.3 Å². The van der Waals surface area contributed by atoms with Crippen LogP contribution in [0, 0.1) is 13.8 Å². The largest absolute Gasteiger partial charge is 0.466 e. The number of aromatic nitrogens is 2. The van der Waals surface area contributed by atoms with E-state index in [1.54, 1.807) is 11.8 Å². The van der Waals surface area contributed by atoms with E-state index in [0.717, 1.165) is 22.1 Å². The van der Waals surface area contributed by atoms with Crippen LogP contribution in [-0.2, 0) is 16.6 Å². The molecule has 1 aromatic heterocycles. The Hall–Kier alpha value is -1.66. The summed E-state index contributed by atoms with van der Waals surface area (Å²) < 4.78 is 7.10. The van der Waals surface area contributed by atoms with Crippen LogP contribution in [0.4, 0.5) is 5.82 Å². The van der Waals surface area contributed by atoms with Crippen LogP contribution in [0.15, 0.2) is 18.2 Å². The topological polar surface area (TPSA) is 56.1 Å². The average molecular weight is 408 g/mol. The number of ether oxygens (including phenoxy) is 1. The van der Waals surface area contributed by atoms with Crippen LogP contribution < -0.4 is 5.32 Å². The maximum atomic E-state index is 12.2. The SMILES string of the molecule is CCOC(=O)C[C@@H]1S[C@@H](c2ccc(Cl)cc2C)c2c(C)nn(C)c2N[C@@H]1C. The number of hydrogen-bond acceptors (Lipinski definition) is 5. The van der Waals surface area contributed by atoms with Gasteiger partial charge in [-0.2, -0.15) is 5.10 Å². The predicted octanol–water partition coefficient (Wildman–Crippen LogP) is 4.65. The fourth-order valence-corrected chi connectivity index (χ4v) is 5.54. The van der Waals surface area contributed by atoms with Crippen molar-refractivity contribution in [3.05, 3.63) is 45.6 Å². The second kappa shape index (κ2) is 8.15.